The number of ether oxygens (including phenoxy) is 1. The number of anilines is 1. The number of rotatable bonds is 4. The van der Waals surface area contributed by atoms with E-state index in [1.807, 2.05) is 0 Å². The SMILES string of the molecule is CC(=O)N(C)c1cc(F)ccc1CNC(=O)c1nc2n(c(=O)c1O)CCCOC2(C)C. The second-order valence-electron chi connectivity index (χ2n) is 7.84. The molecule has 3 rings (SSSR count). The van der Waals surface area contributed by atoms with E-state index in [0.717, 1.165) is 0 Å². The van der Waals surface area contributed by atoms with Crippen LogP contribution in [-0.2, 0) is 28.2 Å². The molecular formula is C21H25FN4O5. The summed E-state index contributed by atoms with van der Waals surface area (Å²) in [6.07, 6.45) is 0.569. The zero-order valence-corrected chi connectivity index (χ0v) is 17.9. The van der Waals surface area contributed by atoms with Gasteiger partial charge in [-0.3, -0.25) is 19.0 Å². The molecule has 31 heavy (non-hydrogen) atoms. The molecule has 1 aliphatic rings. The molecule has 9 nitrogen and oxygen atoms in total. The maximum absolute atomic E-state index is 13.7. The number of aromatic hydroxyl groups is 1. The number of benzene rings is 1. The lowest BCUT2D eigenvalue weighted by atomic mass is 10.1. The Hall–Kier alpha value is -3.27. The third-order valence-corrected chi connectivity index (χ3v) is 5.21. The maximum Gasteiger partial charge on any atom is 0.296 e. The number of nitrogens with zero attached hydrogens (tertiary/aromatic N) is 3. The van der Waals surface area contributed by atoms with Gasteiger partial charge in [-0.2, -0.15) is 0 Å². The molecule has 2 aromatic rings. The van der Waals surface area contributed by atoms with Gasteiger partial charge < -0.3 is 20.1 Å². The molecule has 0 saturated heterocycles. The Labute approximate surface area is 178 Å². The van der Waals surface area contributed by atoms with E-state index in [4.69, 9.17) is 4.74 Å². The fourth-order valence-corrected chi connectivity index (χ4v) is 3.41. The zero-order chi connectivity index (χ0) is 22.9. The molecule has 2 amide bonds. The highest BCUT2D eigenvalue weighted by Gasteiger charge is 2.33. The second-order valence-corrected chi connectivity index (χ2v) is 7.84. The van der Waals surface area contributed by atoms with Crippen LogP contribution in [0.4, 0.5) is 10.1 Å². The minimum absolute atomic E-state index is 0.0779. The maximum atomic E-state index is 13.7. The van der Waals surface area contributed by atoms with Crippen molar-refractivity contribution in [2.24, 2.45) is 0 Å². The van der Waals surface area contributed by atoms with E-state index in [2.05, 4.69) is 10.3 Å². The Morgan fingerprint density at radius 3 is 2.77 bits per heavy atom. The standard InChI is InChI=1S/C21H25FN4O5/c1-12(27)25(4)15-10-14(22)7-6-13(15)11-23-18(29)16-17(28)19(30)26-8-5-9-31-21(2,3)20(26)24-16/h6-7,10,28H,5,8-9,11H2,1-4H3,(H,23,29). The molecule has 0 aliphatic carbocycles. The lowest BCUT2D eigenvalue weighted by Crippen LogP contribution is -2.36. The number of carbonyl (C=O) groups is 2. The van der Waals surface area contributed by atoms with E-state index in [0.29, 0.717) is 30.8 Å². The van der Waals surface area contributed by atoms with Gasteiger partial charge >= 0.3 is 0 Å². The number of nitrogens with one attached hydrogen (secondary N) is 1. The number of halogens is 1. The summed E-state index contributed by atoms with van der Waals surface area (Å²) < 4.78 is 20.7. The van der Waals surface area contributed by atoms with Gasteiger partial charge in [0.1, 0.15) is 17.2 Å². The number of amides is 2. The Kier molecular flexibility index (Phi) is 6.12. The van der Waals surface area contributed by atoms with Crippen LogP contribution in [0.3, 0.4) is 0 Å². The van der Waals surface area contributed by atoms with Crippen molar-refractivity contribution in [1.82, 2.24) is 14.9 Å². The average molecular weight is 432 g/mol. The summed E-state index contributed by atoms with van der Waals surface area (Å²) in [6, 6.07) is 3.84. The molecular weight excluding hydrogens is 407 g/mol. The van der Waals surface area contributed by atoms with Crippen LogP contribution in [0.25, 0.3) is 0 Å². The first-order valence-electron chi connectivity index (χ1n) is 9.82. The average Bonchev–Trinajstić information content (AvgIpc) is 2.86. The predicted molar refractivity (Wildman–Crippen MR) is 110 cm³/mol. The van der Waals surface area contributed by atoms with Crippen molar-refractivity contribution >= 4 is 17.5 Å². The number of hydrogen-bond acceptors (Lipinski definition) is 6. The van der Waals surface area contributed by atoms with Gasteiger partial charge in [-0.1, -0.05) is 6.07 Å². The first kappa shape index (κ1) is 22.4. The van der Waals surface area contributed by atoms with E-state index >= 15 is 0 Å². The molecule has 0 unspecified atom stereocenters. The minimum atomic E-state index is -0.924. The van der Waals surface area contributed by atoms with Crippen molar-refractivity contribution in [3.05, 3.63) is 51.5 Å². The molecule has 166 valence electrons. The van der Waals surface area contributed by atoms with Gasteiger partial charge in [0.25, 0.3) is 11.5 Å². The molecule has 0 fully saturated rings. The minimum Gasteiger partial charge on any atom is -0.501 e. The number of carbonyl (C=O) groups excluding carboxylic acids is 2. The normalized spacial score (nSPS) is 15.0. The molecule has 1 aromatic carbocycles. The van der Waals surface area contributed by atoms with E-state index in [1.165, 1.54) is 41.6 Å². The Morgan fingerprint density at radius 2 is 2.10 bits per heavy atom. The number of aromatic nitrogens is 2. The Morgan fingerprint density at radius 1 is 1.39 bits per heavy atom. The summed E-state index contributed by atoms with van der Waals surface area (Å²) in [5, 5.41) is 12.9. The van der Waals surface area contributed by atoms with Crippen LogP contribution in [0.2, 0.25) is 0 Å². The van der Waals surface area contributed by atoms with Crippen LogP contribution in [0.15, 0.2) is 23.0 Å². The van der Waals surface area contributed by atoms with Crippen molar-refractivity contribution < 1.29 is 23.8 Å². The Bertz CT molecular complexity index is 1100. The summed E-state index contributed by atoms with van der Waals surface area (Å²) in [4.78, 5) is 42.6. The van der Waals surface area contributed by atoms with Crippen molar-refractivity contribution in [1.29, 1.82) is 0 Å². The summed E-state index contributed by atoms with van der Waals surface area (Å²) >= 11 is 0. The largest absolute Gasteiger partial charge is 0.501 e. The highest BCUT2D eigenvalue weighted by atomic mass is 19.1. The predicted octanol–water partition coefficient (Wildman–Crippen LogP) is 1.66. The summed E-state index contributed by atoms with van der Waals surface area (Å²) in [7, 11) is 1.49. The second kappa shape index (κ2) is 8.46. The fraction of sp³-hybridized carbons (Fsp3) is 0.429. The number of fused-ring (bicyclic) bond motifs is 1. The van der Waals surface area contributed by atoms with Crippen molar-refractivity contribution in [3.8, 4) is 5.75 Å². The fourth-order valence-electron chi connectivity index (χ4n) is 3.41. The lowest BCUT2D eigenvalue weighted by molar-refractivity contribution is -0.116. The highest BCUT2D eigenvalue weighted by Crippen LogP contribution is 2.27. The van der Waals surface area contributed by atoms with Crippen molar-refractivity contribution in [2.45, 2.75) is 45.9 Å². The third-order valence-electron chi connectivity index (χ3n) is 5.21. The molecule has 1 aromatic heterocycles. The topological polar surface area (TPSA) is 114 Å². The molecule has 10 heteroatoms. The molecule has 0 atom stereocenters. The van der Waals surface area contributed by atoms with Gasteiger partial charge in [0.05, 0.1) is 5.69 Å². The van der Waals surface area contributed by atoms with Crippen LogP contribution >= 0.6 is 0 Å². The molecule has 0 saturated carbocycles. The van der Waals surface area contributed by atoms with Crippen molar-refractivity contribution in [2.75, 3.05) is 18.6 Å². The third kappa shape index (κ3) is 4.43. The van der Waals surface area contributed by atoms with Crippen LogP contribution in [0.1, 0.15) is 49.1 Å². The zero-order valence-electron chi connectivity index (χ0n) is 17.9. The van der Waals surface area contributed by atoms with Gasteiger partial charge in [-0.15, -0.1) is 0 Å². The molecule has 2 heterocycles. The molecule has 0 spiro atoms. The van der Waals surface area contributed by atoms with Crippen LogP contribution in [0, 0.1) is 5.82 Å². The molecule has 0 bridgehead atoms. The molecule has 1 aliphatic heterocycles. The summed E-state index contributed by atoms with van der Waals surface area (Å²) in [6.45, 7) is 5.45. The van der Waals surface area contributed by atoms with Gasteiger partial charge in [-0.05, 0) is 38.0 Å². The van der Waals surface area contributed by atoms with Gasteiger partial charge in [0.15, 0.2) is 5.69 Å². The molecule has 0 radical (unpaired) electrons. The lowest BCUT2D eigenvalue weighted by Gasteiger charge is -2.25. The van der Waals surface area contributed by atoms with E-state index in [-0.39, 0.29) is 18.3 Å². The first-order valence-corrected chi connectivity index (χ1v) is 9.82. The number of hydrogen-bond donors (Lipinski definition) is 2. The van der Waals surface area contributed by atoms with Crippen LogP contribution in [-0.4, -0.2) is 40.1 Å². The quantitative estimate of drug-likeness (QED) is 0.760. The summed E-state index contributed by atoms with van der Waals surface area (Å²) in [5.74, 6) is -2.12. The van der Waals surface area contributed by atoms with Gasteiger partial charge in [-0.25, -0.2) is 9.37 Å². The van der Waals surface area contributed by atoms with E-state index in [9.17, 15) is 23.9 Å². The molecule has 2 N–H and O–H groups in total. The van der Waals surface area contributed by atoms with Crippen molar-refractivity contribution in [3.63, 3.8) is 0 Å². The van der Waals surface area contributed by atoms with E-state index in [1.54, 1.807) is 13.8 Å². The van der Waals surface area contributed by atoms with Gasteiger partial charge in [0.2, 0.25) is 11.7 Å². The van der Waals surface area contributed by atoms with Crippen LogP contribution < -0.4 is 15.8 Å². The van der Waals surface area contributed by atoms with E-state index < -0.39 is 34.3 Å². The Balaban J connectivity index is 1.92. The van der Waals surface area contributed by atoms with Crippen LogP contribution in [0.5, 0.6) is 5.75 Å². The summed E-state index contributed by atoms with van der Waals surface area (Å²) in [5.41, 5.74) is -1.29. The van der Waals surface area contributed by atoms with Gasteiger partial charge in [0, 0.05) is 33.7 Å². The monoisotopic (exact) mass is 432 g/mol. The first-order chi connectivity index (χ1) is 14.5. The highest BCUT2D eigenvalue weighted by molar-refractivity contribution is 5.95. The smallest absolute Gasteiger partial charge is 0.296 e.